The zero-order chi connectivity index (χ0) is 34.8. The highest BCUT2D eigenvalue weighted by molar-refractivity contribution is 8.00. The van der Waals surface area contributed by atoms with E-state index in [0.29, 0.717) is 18.2 Å². The molecule has 0 aliphatic heterocycles. The minimum Gasteiger partial charge on any atom is -0.399 e. The summed E-state index contributed by atoms with van der Waals surface area (Å²) in [6.07, 6.45) is 0. The molecule has 0 aliphatic rings. The molecular formula is C24H22N4O14S5. The SMILES string of the molecule is Nc1cccc(S(=O)(=O)ONc2ccc(S(=O)(=O)OS(=O)(=O)c3ccccc3N)cc2S(=O)(=O)ONc2ccccc2S(=O)(=O)O)c1. The van der Waals surface area contributed by atoms with Crippen molar-refractivity contribution in [2.45, 2.75) is 24.5 Å². The van der Waals surface area contributed by atoms with Crippen molar-refractivity contribution < 1.29 is 58.8 Å². The van der Waals surface area contributed by atoms with Crippen LogP contribution in [0.25, 0.3) is 0 Å². The van der Waals surface area contributed by atoms with Gasteiger partial charge in [0.2, 0.25) is 0 Å². The van der Waals surface area contributed by atoms with Crippen molar-refractivity contribution in [2.75, 3.05) is 22.4 Å². The van der Waals surface area contributed by atoms with Crippen molar-refractivity contribution in [3.8, 4) is 0 Å². The van der Waals surface area contributed by atoms with Crippen LogP contribution in [0.2, 0.25) is 0 Å². The minimum absolute atomic E-state index is 0.0318. The molecule has 0 saturated carbocycles. The van der Waals surface area contributed by atoms with Crippen LogP contribution in [0.1, 0.15) is 0 Å². The first-order valence-corrected chi connectivity index (χ1v) is 19.3. The van der Waals surface area contributed by atoms with Gasteiger partial charge in [-0.05, 0) is 60.7 Å². The van der Waals surface area contributed by atoms with Gasteiger partial charge in [-0.2, -0.15) is 42.1 Å². The second-order valence-corrected chi connectivity index (χ2v) is 16.7. The Bertz CT molecular complexity index is 2400. The molecule has 4 aromatic rings. The summed E-state index contributed by atoms with van der Waals surface area (Å²) in [5, 5.41) is 0. The Morgan fingerprint density at radius 3 is 1.68 bits per heavy atom. The van der Waals surface area contributed by atoms with E-state index < -0.39 is 86.4 Å². The molecule has 4 aromatic carbocycles. The molecule has 0 amide bonds. The van der Waals surface area contributed by atoms with Crippen LogP contribution in [-0.2, 0) is 62.8 Å². The highest BCUT2D eigenvalue weighted by Gasteiger charge is 2.32. The Morgan fingerprint density at radius 1 is 0.511 bits per heavy atom. The maximum absolute atomic E-state index is 13.3. The normalized spacial score (nSPS) is 12.8. The number of para-hydroxylation sites is 2. The molecule has 0 spiro atoms. The number of nitrogens with one attached hydrogen (secondary N) is 2. The fourth-order valence-corrected chi connectivity index (χ4v) is 8.71. The van der Waals surface area contributed by atoms with Crippen molar-refractivity contribution in [1.29, 1.82) is 0 Å². The Kier molecular flexibility index (Phi) is 9.86. The van der Waals surface area contributed by atoms with E-state index in [4.69, 9.17) is 15.8 Å². The highest BCUT2D eigenvalue weighted by atomic mass is 32.3. The van der Waals surface area contributed by atoms with Gasteiger partial charge in [-0.1, -0.05) is 30.3 Å². The molecule has 0 atom stereocenters. The number of rotatable bonds is 13. The number of hydrogen-bond donors (Lipinski definition) is 5. The number of benzene rings is 4. The number of anilines is 4. The molecule has 0 bridgehead atoms. The molecule has 0 unspecified atom stereocenters. The lowest BCUT2D eigenvalue weighted by Crippen LogP contribution is -2.19. The Morgan fingerprint density at radius 2 is 1.06 bits per heavy atom. The summed E-state index contributed by atoms with van der Waals surface area (Å²) < 4.78 is 150. The van der Waals surface area contributed by atoms with E-state index in [-0.39, 0.29) is 11.4 Å². The summed E-state index contributed by atoms with van der Waals surface area (Å²) in [6, 6.07) is 15.4. The molecule has 7 N–H and O–H groups in total. The van der Waals surface area contributed by atoms with Crippen LogP contribution in [0, 0.1) is 0 Å². The summed E-state index contributed by atoms with van der Waals surface area (Å²) in [7, 11) is -25.4. The predicted octanol–water partition coefficient (Wildman–Crippen LogP) is 1.66. The summed E-state index contributed by atoms with van der Waals surface area (Å²) >= 11 is 0. The molecule has 18 nitrogen and oxygen atoms in total. The first-order valence-electron chi connectivity index (χ1n) is 12.2. The van der Waals surface area contributed by atoms with E-state index in [1.807, 2.05) is 5.48 Å². The van der Waals surface area contributed by atoms with Gasteiger partial charge in [0.25, 0.3) is 10.1 Å². The largest absolute Gasteiger partial charge is 0.399 e. The zero-order valence-electron chi connectivity index (χ0n) is 23.1. The van der Waals surface area contributed by atoms with E-state index >= 15 is 0 Å². The van der Waals surface area contributed by atoms with Gasteiger partial charge in [-0.15, -0.1) is 12.2 Å². The third-order valence-electron chi connectivity index (χ3n) is 5.71. The smallest absolute Gasteiger partial charge is 0.319 e. The fourth-order valence-electron chi connectivity index (χ4n) is 3.59. The van der Waals surface area contributed by atoms with Crippen molar-refractivity contribution >= 4 is 73.3 Å². The standard InChI is InChI=1S/C24H22N4O14S5/c25-16-6-5-7-17(14-16)44(32,33)40-28-21-13-12-18(45(34,35)42-47(38,39)22-10-3-1-8-19(22)26)15-24(21)46(36,37)41-27-20-9-2-4-11-23(20)43(29,30)31/h1-15,27-28H,25-26H2,(H,29,30,31). The number of nitrogens with two attached hydrogens (primary N) is 2. The lowest BCUT2D eigenvalue weighted by molar-refractivity contribution is 0.379. The summed E-state index contributed by atoms with van der Waals surface area (Å²) in [6.45, 7) is 0. The van der Waals surface area contributed by atoms with E-state index in [0.717, 1.165) is 36.4 Å². The van der Waals surface area contributed by atoms with Gasteiger partial charge in [0.15, 0.2) is 0 Å². The minimum atomic E-state index is -5.36. The number of nitrogen functional groups attached to an aromatic ring is 2. The van der Waals surface area contributed by atoms with Crippen LogP contribution in [0.15, 0.2) is 115 Å². The Hall–Kier alpha value is -4.33. The predicted molar refractivity (Wildman–Crippen MR) is 164 cm³/mol. The van der Waals surface area contributed by atoms with Crippen molar-refractivity contribution in [3.63, 3.8) is 0 Å². The Labute approximate surface area is 269 Å². The first kappa shape index (κ1) is 35.5. The van der Waals surface area contributed by atoms with Crippen LogP contribution < -0.4 is 22.4 Å². The monoisotopic (exact) mass is 750 g/mol. The molecule has 23 heteroatoms. The van der Waals surface area contributed by atoms with Gasteiger partial charge in [0, 0.05) is 5.69 Å². The van der Waals surface area contributed by atoms with Gasteiger partial charge in [-0.25, -0.2) is 11.0 Å². The van der Waals surface area contributed by atoms with Crippen molar-refractivity contribution in [3.05, 3.63) is 91.0 Å². The number of hydrogen-bond acceptors (Lipinski definition) is 17. The molecule has 0 heterocycles. The van der Waals surface area contributed by atoms with Crippen LogP contribution in [-0.4, -0.2) is 46.6 Å². The van der Waals surface area contributed by atoms with E-state index in [2.05, 4.69) is 7.91 Å². The third-order valence-corrected chi connectivity index (χ3v) is 12.1. The molecule has 0 fully saturated rings. The average molecular weight is 751 g/mol. The zero-order valence-corrected chi connectivity index (χ0v) is 27.2. The van der Waals surface area contributed by atoms with Crippen LogP contribution >= 0.6 is 0 Å². The van der Waals surface area contributed by atoms with Gasteiger partial charge >= 0.3 is 40.5 Å². The topological polar surface area (TPSA) is 295 Å². The molecule has 252 valence electrons. The highest BCUT2D eigenvalue weighted by Crippen LogP contribution is 2.31. The van der Waals surface area contributed by atoms with Crippen molar-refractivity contribution in [1.82, 2.24) is 0 Å². The lowest BCUT2D eigenvalue weighted by Gasteiger charge is -2.15. The maximum atomic E-state index is 13.3. The Balaban J connectivity index is 1.76. The van der Waals surface area contributed by atoms with Crippen LogP contribution in [0.3, 0.4) is 0 Å². The molecule has 0 aromatic heterocycles. The summed E-state index contributed by atoms with van der Waals surface area (Å²) in [5.41, 5.74) is 13.1. The molecule has 0 aliphatic carbocycles. The summed E-state index contributed by atoms with van der Waals surface area (Å²) in [4.78, 5) is -4.30. The van der Waals surface area contributed by atoms with E-state index in [1.54, 1.807) is 5.48 Å². The quantitative estimate of drug-likeness (QED) is 0.0737. The lowest BCUT2D eigenvalue weighted by atomic mass is 10.3. The van der Waals surface area contributed by atoms with Gasteiger partial charge in [-0.3, -0.25) is 4.55 Å². The second-order valence-electron chi connectivity index (χ2n) is 8.99. The van der Waals surface area contributed by atoms with Crippen LogP contribution in [0.4, 0.5) is 22.7 Å². The molecule has 47 heavy (non-hydrogen) atoms. The van der Waals surface area contributed by atoms with E-state index in [1.165, 1.54) is 36.4 Å². The summed E-state index contributed by atoms with van der Waals surface area (Å²) in [5.74, 6) is 0. The molecule has 0 saturated heterocycles. The van der Waals surface area contributed by atoms with Gasteiger partial charge < -0.3 is 11.5 Å². The second kappa shape index (κ2) is 13.1. The first-order chi connectivity index (χ1) is 21.7. The maximum Gasteiger partial charge on any atom is 0.319 e. The van der Waals surface area contributed by atoms with E-state index in [9.17, 15) is 46.6 Å². The third kappa shape index (κ3) is 8.34. The molecular weight excluding hydrogens is 729 g/mol. The van der Waals surface area contributed by atoms with Crippen molar-refractivity contribution in [2.24, 2.45) is 0 Å². The fraction of sp³-hybridized carbons (Fsp3) is 0. The molecule has 4 rings (SSSR count). The van der Waals surface area contributed by atoms with Gasteiger partial charge in [0.1, 0.15) is 14.7 Å². The molecule has 0 radical (unpaired) electrons. The van der Waals surface area contributed by atoms with Crippen LogP contribution in [0.5, 0.6) is 0 Å². The van der Waals surface area contributed by atoms with Gasteiger partial charge in [0.05, 0.1) is 26.9 Å². The average Bonchev–Trinajstić information content (AvgIpc) is 2.98.